The van der Waals surface area contributed by atoms with Crippen LogP contribution in [0.3, 0.4) is 0 Å². The average Bonchev–Trinajstić information content (AvgIpc) is 3.18. The number of hydrogen-bond donors (Lipinski definition) is 0. The lowest BCUT2D eigenvalue weighted by Gasteiger charge is -2.05. The normalized spacial score (nSPS) is 23.8. The number of methoxy groups -OCH3 is 1. The SMILES string of the molecule is COCCOCO[C@@H]1C[C@H]1S(=O)c1ccccc1. The molecule has 1 aliphatic carbocycles. The fourth-order valence-electron chi connectivity index (χ4n) is 1.62. The summed E-state index contributed by atoms with van der Waals surface area (Å²) in [5.41, 5.74) is 0. The van der Waals surface area contributed by atoms with Crippen LogP contribution in [0.4, 0.5) is 0 Å². The first-order valence-electron chi connectivity index (χ1n) is 5.97. The Morgan fingerprint density at radius 1 is 1.28 bits per heavy atom. The van der Waals surface area contributed by atoms with E-state index in [2.05, 4.69) is 0 Å². The minimum absolute atomic E-state index is 0.0635. The third-order valence-corrected chi connectivity index (χ3v) is 4.51. The summed E-state index contributed by atoms with van der Waals surface area (Å²) < 4.78 is 27.7. The molecule has 4 nitrogen and oxygen atoms in total. The van der Waals surface area contributed by atoms with E-state index >= 15 is 0 Å². The molecule has 0 aromatic heterocycles. The van der Waals surface area contributed by atoms with Gasteiger partial charge >= 0.3 is 0 Å². The van der Waals surface area contributed by atoms with E-state index in [1.165, 1.54) is 0 Å². The van der Waals surface area contributed by atoms with Gasteiger partial charge in [-0.3, -0.25) is 4.21 Å². The summed E-state index contributed by atoms with van der Waals surface area (Å²) in [5.74, 6) is 0. The monoisotopic (exact) mass is 270 g/mol. The first-order valence-corrected chi connectivity index (χ1v) is 7.18. The van der Waals surface area contributed by atoms with Crippen LogP contribution < -0.4 is 0 Å². The minimum atomic E-state index is -0.968. The number of hydrogen-bond acceptors (Lipinski definition) is 4. The number of benzene rings is 1. The largest absolute Gasteiger partial charge is 0.382 e. The van der Waals surface area contributed by atoms with Crippen LogP contribution in [0.1, 0.15) is 6.42 Å². The Balaban J connectivity index is 1.67. The van der Waals surface area contributed by atoms with Gasteiger partial charge in [0.05, 0.1) is 35.4 Å². The molecule has 3 atom stereocenters. The van der Waals surface area contributed by atoms with Gasteiger partial charge in [-0.25, -0.2) is 0 Å². The molecule has 1 aliphatic rings. The Morgan fingerprint density at radius 2 is 2.06 bits per heavy atom. The van der Waals surface area contributed by atoms with E-state index in [-0.39, 0.29) is 18.1 Å². The predicted octanol–water partition coefficient (Wildman–Crippen LogP) is 1.57. The first-order chi connectivity index (χ1) is 8.83. The summed E-state index contributed by atoms with van der Waals surface area (Å²) in [6.45, 7) is 1.33. The fourth-order valence-corrected chi connectivity index (χ4v) is 3.11. The fraction of sp³-hybridized carbons (Fsp3) is 0.538. The van der Waals surface area contributed by atoms with Crippen LogP contribution in [0.15, 0.2) is 35.2 Å². The molecule has 0 saturated heterocycles. The van der Waals surface area contributed by atoms with Gasteiger partial charge in [-0.15, -0.1) is 0 Å². The molecule has 1 saturated carbocycles. The molecule has 1 unspecified atom stereocenters. The maximum atomic E-state index is 12.1. The Hall–Kier alpha value is -0.750. The van der Waals surface area contributed by atoms with Crippen molar-refractivity contribution in [3.8, 4) is 0 Å². The average molecular weight is 270 g/mol. The number of rotatable bonds is 8. The third-order valence-electron chi connectivity index (χ3n) is 2.72. The highest BCUT2D eigenvalue weighted by Gasteiger charge is 2.43. The lowest BCUT2D eigenvalue weighted by Crippen LogP contribution is -2.10. The van der Waals surface area contributed by atoms with Gasteiger partial charge in [0.15, 0.2) is 0 Å². The van der Waals surface area contributed by atoms with Crippen LogP contribution >= 0.6 is 0 Å². The standard InChI is InChI=1S/C13H18O4S/c1-15-7-8-16-10-17-12-9-13(12)18(14)11-5-3-2-4-6-11/h2-6,12-13H,7-10H2,1H3/t12-,13-,18?/m1/s1. The van der Waals surface area contributed by atoms with Crippen LogP contribution in [0.5, 0.6) is 0 Å². The van der Waals surface area contributed by atoms with Crippen molar-refractivity contribution >= 4 is 10.8 Å². The van der Waals surface area contributed by atoms with Gasteiger partial charge in [0.2, 0.25) is 0 Å². The van der Waals surface area contributed by atoms with Gasteiger partial charge in [-0.1, -0.05) is 18.2 Å². The Kier molecular flexibility index (Phi) is 5.31. The van der Waals surface area contributed by atoms with Gasteiger partial charge in [0.1, 0.15) is 6.79 Å². The van der Waals surface area contributed by atoms with Gasteiger partial charge in [0.25, 0.3) is 0 Å². The van der Waals surface area contributed by atoms with Crippen LogP contribution in [-0.4, -0.2) is 42.7 Å². The molecular weight excluding hydrogens is 252 g/mol. The highest BCUT2D eigenvalue weighted by atomic mass is 32.2. The molecule has 0 radical (unpaired) electrons. The topological polar surface area (TPSA) is 44.8 Å². The first kappa shape index (κ1) is 13.7. The molecule has 0 aliphatic heterocycles. The van der Waals surface area contributed by atoms with Gasteiger partial charge in [0, 0.05) is 12.0 Å². The molecule has 0 spiro atoms. The minimum Gasteiger partial charge on any atom is -0.382 e. The van der Waals surface area contributed by atoms with Crippen LogP contribution in [0.2, 0.25) is 0 Å². The van der Waals surface area contributed by atoms with E-state index in [9.17, 15) is 4.21 Å². The van der Waals surface area contributed by atoms with Crippen LogP contribution in [0.25, 0.3) is 0 Å². The summed E-state index contributed by atoms with van der Waals surface area (Å²) in [7, 11) is 0.661. The van der Waals surface area contributed by atoms with Crippen molar-refractivity contribution in [1.82, 2.24) is 0 Å². The molecule has 1 aromatic carbocycles. The molecule has 0 N–H and O–H groups in total. The summed E-state index contributed by atoms with van der Waals surface area (Å²) >= 11 is 0. The highest BCUT2D eigenvalue weighted by Crippen LogP contribution is 2.34. The zero-order valence-corrected chi connectivity index (χ0v) is 11.2. The second-order valence-electron chi connectivity index (χ2n) is 4.11. The second kappa shape index (κ2) is 6.99. The molecular formula is C13H18O4S. The van der Waals surface area contributed by atoms with Crippen molar-refractivity contribution in [2.24, 2.45) is 0 Å². The molecule has 1 fully saturated rings. The Morgan fingerprint density at radius 3 is 2.78 bits per heavy atom. The van der Waals surface area contributed by atoms with Crippen molar-refractivity contribution in [3.05, 3.63) is 30.3 Å². The smallest absolute Gasteiger partial charge is 0.147 e. The third kappa shape index (κ3) is 3.88. The maximum Gasteiger partial charge on any atom is 0.147 e. The van der Waals surface area contributed by atoms with E-state index in [0.29, 0.717) is 13.2 Å². The van der Waals surface area contributed by atoms with Gasteiger partial charge < -0.3 is 14.2 Å². The van der Waals surface area contributed by atoms with E-state index in [4.69, 9.17) is 14.2 Å². The van der Waals surface area contributed by atoms with Crippen molar-refractivity contribution in [1.29, 1.82) is 0 Å². The summed E-state index contributed by atoms with van der Waals surface area (Å²) in [6.07, 6.45) is 0.906. The highest BCUT2D eigenvalue weighted by molar-refractivity contribution is 7.86. The molecule has 100 valence electrons. The van der Waals surface area contributed by atoms with E-state index < -0.39 is 10.8 Å². The zero-order valence-electron chi connectivity index (χ0n) is 10.4. The van der Waals surface area contributed by atoms with Gasteiger partial charge in [-0.2, -0.15) is 0 Å². The Bertz CT molecular complexity index is 382. The molecule has 18 heavy (non-hydrogen) atoms. The summed E-state index contributed by atoms with van der Waals surface area (Å²) in [5, 5.41) is 0.110. The molecule has 0 amide bonds. The number of ether oxygens (including phenoxy) is 3. The van der Waals surface area contributed by atoms with E-state index in [1.807, 2.05) is 30.3 Å². The van der Waals surface area contributed by atoms with E-state index in [0.717, 1.165) is 11.3 Å². The lowest BCUT2D eigenvalue weighted by molar-refractivity contribution is -0.0721. The van der Waals surface area contributed by atoms with E-state index in [1.54, 1.807) is 7.11 Å². The lowest BCUT2D eigenvalue weighted by atomic mass is 10.4. The zero-order chi connectivity index (χ0) is 12.8. The van der Waals surface area contributed by atoms with Crippen LogP contribution in [-0.2, 0) is 25.0 Å². The van der Waals surface area contributed by atoms with Crippen LogP contribution in [0, 0.1) is 0 Å². The summed E-state index contributed by atoms with van der Waals surface area (Å²) in [4.78, 5) is 0.869. The molecule has 1 aromatic rings. The molecule has 2 rings (SSSR count). The maximum absolute atomic E-state index is 12.1. The quantitative estimate of drug-likeness (QED) is 0.531. The Labute approximate surface area is 110 Å². The van der Waals surface area contributed by atoms with Crippen molar-refractivity contribution in [3.63, 3.8) is 0 Å². The molecule has 5 heteroatoms. The van der Waals surface area contributed by atoms with Crippen molar-refractivity contribution in [2.75, 3.05) is 27.1 Å². The van der Waals surface area contributed by atoms with Crippen molar-refractivity contribution < 1.29 is 18.4 Å². The van der Waals surface area contributed by atoms with Gasteiger partial charge in [-0.05, 0) is 18.6 Å². The van der Waals surface area contributed by atoms with Crippen molar-refractivity contribution in [2.45, 2.75) is 22.7 Å². The summed E-state index contributed by atoms with van der Waals surface area (Å²) in [6, 6.07) is 9.51. The molecule has 0 bridgehead atoms. The second-order valence-corrected chi connectivity index (χ2v) is 5.78. The predicted molar refractivity (Wildman–Crippen MR) is 68.8 cm³/mol. The molecule has 0 heterocycles.